The first-order valence-corrected chi connectivity index (χ1v) is 7.33. The topological polar surface area (TPSA) is 64.9 Å². The summed E-state index contributed by atoms with van der Waals surface area (Å²) >= 11 is 1.70. The van der Waals surface area contributed by atoms with Crippen molar-refractivity contribution in [2.75, 3.05) is 12.0 Å². The molecule has 2 aromatic heterocycles. The summed E-state index contributed by atoms with van der Waals surface area (Å²) in [5.41, 5.74) is 8.35. The molecule has 0 unspecified atom stereocenters. The summed E-state index contributed by atoms with van der Waals surface area (Å²) in [6.07, 6.45) is 3.77. The van der Waals surface area contributed by atoms with Crippen molar-refractivity contribution < 1.29 is 4.52 Å². The Hall–Kier alpha value is -2.27. The summed E-state index contributed by atoms with van der Waals surface area (Å²) in [6.45, 7) is 0. The number of nitrogens with two attached hydrogens (primary N) is 1. The minimum atomic E-state index is 0.354. The van der Waals surface area contributed by atoms with Crippen LogP contribution < -0.4 is 5.73 Å². The number of nitrogens with zero attached hydrogens (tertiary/aromatic N) is 2. The maximum Gasteiger partial charge on any atom is 0.178 e. The highest BCUT2D eigenvalue weighted by molar-refractivity contribution is 7.98. The van der Waals surface area contributed by atoms with Gasteiger partial charge in [-0.3, -0.25) is 4.98 Å². The third-order valence-corrected chi connectivity index (χ3v) is 3.74. The molecule has 0 atom stereocenters. The highest BCUT2D eigenvalue weighted by Gasteiger charge is 2.18. The molecular formula is C15H13N3OS. The van der Waals surface area contributed by atoms with Gasteiger partial charge in [-0.05, 0) is 42.7 Å². The molecule has 0 saturated heterocycles. The van der Waals surface area contributed by atoms with E-state index in [0.717, 1.165) is 16.8 Å². The quantitative estimate of drug-likeness (QED) is 0.742. The summed E-state index contributed by atoms with van der Waals surface area (Å²) < 4.78 is 5.39. The zero-order valence-electron chi connectivity index (χ0n) is 10.9. The third kappa shape index (κ3) is 2.28. The molecule has 3 aromatic rings. The van der Waals surface area contributed by atoms with Crippen molar-refractivity contribution >= 4 is 17.6 Å². The van der Waals surface area contributed by atoms with E-state index >= 15 is 0 Å². The normalized spacial score (nSPS) is 10.7. The monoisotopic (exact) mass is 283 g/mol. The molecule has 2 N–H and O–H groups in total. The lowest BCUT2D eigenvalue weighted by atomic mass is 10.1. The Morgan fingerprint density at radius 1 is 1.10 bits per heavy atom. The van der Waals surface area contributed by atoms with Gasteiger partial charge in [-0.15, -0.1) is 11.8 Å². The van der Waals surface area contributed by atoms with E-state index in [9.17, 15) is 0 Å². The van der Waals surface area contributed by atoms with Crippen molar-refractivity contribution in [3.05, 3.63) is 48.7 Å². The van der Waals surface area contributed by atoms with Crippen molar-refractivity contribution in [3.63, 3.8) is 0 Å². The van der Waals surface area contributed by atoms with Crippen LogP contribution in [0.2, 0.25) is 0 Å². The third-order valence-electron chi connectivity index (χ3n) is 2.99. The van der Waals surface area contributed by atoms with Gasteiger partial charge >= 0.3 is 0 Å². The first kappa shape index (κ1) is 12.7. The number of hydrogen-bond acceptors (Lipinski definition) is 5. The Morgan fingerprint density at radius 3 is 2.55 bits per heavy atom. The Balaban J connectivity index is 2.11. The van der Waals surface area contributed by atoms with Crippen LogP contribution in [0, 0.1) is 0 Å². The van der Waals surface area contributed by atoms with Gasteiger partial charge in [-0.2, -0.15) is 0 Å². The van der Waals surface area contributed by atoms with Gasteiger partial charge in [0.15, 0.2) is 11.6 Å². The Labute approximate surface area is 121 Å². The zero-order chi connectivity index (χ0) is 13.9. The Morgan fingerprint density at radius 2 is 1.90 bits per heavy atom. The molecule has 2 heterocycles. The van der Waals surface area contributed by atoms with Crippen LogP contribution in [0.15, 0.2) is 58.1 Å². The molecule has 0 aliphatic heterocycles. The number of anilines is 1. The van der Waals surface area contributed by atoms with Crippen LogP contribution in [0.25, 0.3) is 22.6 Å². The first-order valence-electron chi connectivity index (χ1n) is 6.10. The molecule has 0 bridgehead atoms. The van der Waals surface area contributed by atoms with E-state index in [4.69, 9.17) is 10.3 Å². The lowest BCUT2D eigenvalue weighted by Crippen LogP contribution is -1.90. The van der Waals surface area contributed by atoms with E-state index < -0.39 is 0 Å². The summed E-state index contributed by atoms with van der Waals surface area (Å²) in [6, 6.07) is 13.7. The average molecular weight is 283 g/mol. The van der Waals surface area contributed by atoms with Gasteiger partial charge in [0.05, 0.1) is 11.3 Å². The van der Waals surface area contributed by atoms with Crippen molar-refractivity contribution in [2.45, 2.75) is 4.90 Å². The van der Waals surface area contributed by atoms with E-state index in [1.807, 2.05) is 48.7 Å². The summed E-state index contributed by atoms with van der Waals surface area (Å²) in [5.74, 6) is 1.00. The molecule has 0 saturated carbocycles. The van der Waals surface area contributed by atoms with Crippen LogP contribution in [-0.4, -0.2) is 16.4 Å². The summed E-state index contributed by atoms with van der Waals surface area (Å²) in [5, 5.41) is 3.87. The number of nitrogen functional groups attached to an aromatic ring is 1. The maximum atomic E-state index is 5.92. The lowest BCUT2D eigenvalue weighted by molar-refractivity contribution is 0.436. The smallest absolute Gasteiger partial charge is 0.178 e. The van der Waals surface area contributed by atoms with Gasteiger partial charge in [0, 0.05) is 16.7 Å². The molecular weight excluding hydrogens is 270 g/mol. The lowest BCUT2D eigenvalue weighted by Gasteiger charge is -2.02. The van der Waals surface area contributed by atoms with E-state index in [-0.39, 0.29) is 0 Å². The fourth-order valence-electron chi connectivity index (χ4n) is 2.00. The van der Waals surface area contributed by atoms with Crippen molar-refractivity contribution in [1.82, 2.24) is 10.1 Å². The fraction of sp³-hybridized carbons (Fsp3) is 0.0667. The SMILES string of the molecule is CSc1ccc(-c2onc(N)c2-c2ccccn2)cc1. The number of hydrogen-bond donors (Lipinski definition) is 1. The molecule has 0 aliphatic rings. The van der Waals surface area contributed by atoms with Crippen LogP contribution >= 0.6 is 11.8 Å². The number of thioether (sulfide) groups is 1. The van der Waals surface area contributed by atoms with E-state index in [0.29, 0.717) is 11.6 Å². The largest absolute Gasteiger partial charge is 0.380 e. The van der Waals surface area contributed by atoms with Crippen LogP contribution in [0.1, 0.15) is 0 Å². The predicted octanol–water partition coefficient (Wildman–Crippen LogP) is 3.71. The summed E-state index contributed by atoms with van der Waals surface area (Å²) in [4.78, 5) is 5.51. The Kier molecular flexibility index (Phi) is 3.43. The molecule has 0 aliphatic carbocycles. The molecule has 3 rings (SSSR count). The van der Waals surface area contributed by atoms with Gasteiger partial charge in [0.2, 0.25) is 0 Å². The summed E-state index contributed by atoms with van der Waals surface area (Å²) in [7, 11) is 0. The molecule has 0 fully saturated rings. The molecule has 5 heteroatoms. The molecule has 100 valence electrons. The maximum absolute atomic E-state index is 5.92. The first-order chi connectivity index (χ1) is 9.79. The van der Waals surface area contributed by atoms with Gasteiger partial charge < -0.3 is 10.3 Å². The second-order valence-electron chi connectivity index (χ2n) is 4.22. The fourth-order valence-corrected chi connectivity index (χ4v) is 2.41. The Bertz CT molecular complexity index is 708. The predicted molar refractivity (Wildman–Crippen MR) is 81.4 cm³/mol. The van der Waals surface area contributed by atoms with Crippen molar-refractivity contribution in [1.29, 1.82) is 0 Å². The van der Waals surface area contributed by atoms with Crippen molar-refractivity contribution in [3.8, 4) is 22.6 Å². The standard InChI is InChI=1S/C15H13N3OS/c1-20-11-7-5-10(6-8-11)14-13(15(16)18-19-14)12-4-2-3-9-17-12/h2-9H,1H3,(H2,16,18). The number of pyridine rings is 1. The zero-order valence-corrected chi connectivity index (χ0v) is 11.7. The van der Waals surface area contributed by atoms with Gasteiger partial charge in [0.1, 0.15) is 0 Å². The van der Waals surface area contributed by atoms with Crippen molar-refractivity contribution in [2.24, 2.45) is 0 Å². The van der Waals surface area contributed by atoms with Crippen LogP contribution in [0.4, 0.5) is 5.82 Å². The molecule has 0 spiro atoms. The molecule has 0 amide bonds. The molecule has 4 nitrogen and oxygen atoms in total. The minimum Gasteiger partial charge on any atom is -0.380 e. The van der Waals surface area contributed by atoms with E-state index in [2.05, 4.69) is 10.1 Å². The van der Waals surface area contributed by atoms with Crippen LogP contribution in [-0.2, 0) is 0 Å². The van der Waals surface area contributed by atoms with Gasteiger partial charge in [0.25, 0.3) is 0 Å². The van der Waals surface area contributed by atoms with Gasteiger partial charge in [-0.1, -0.05) is 11.2 Å². The number of rotatable bonds is 3. The number of aromatic nitrogens is 2. The second-order valence-corrected chi connectivity index (χ2v) is 5.10. The highest BCUT2D eigenvalue weighted by atomic mass is 32.2. The van der Waals surface area contributed by atoms with Crippen LogP contribution in [0.3, 0.4) is 0 Å². The number of benzene rings is 1. The van der Waals surface area contributed by atoms with E-state index in [1.54, 1.807) is 18.0 Å². The highest BCUT2D eigenvalue weighted by Crippen LogP contribution is 2.35. The van der Waals surface area contributed by atoms with Crippen LogP contribution in [0.5, 0.6) is 0 Å². The van der Waals surface area contributed by atoms with E-state index in [1.165, 1.54) is 4.90 Å². The molecule has 20 heavy (non-hydrogen) atoms. The molecule has 1 aromatic carbocycles. The molecule has 0 radical (unpaired) electrons. The minimum absolute atomic E-state index is 0.354. The average Bonchev–Trinajstić information content (AvgIpc) is 2.90. The van der Waals surface area contributed by atoms with Gasteiger partial charge in [-0.25, -0.2) is 0 Å². The second kappa shape index (κ2) is 5.38.